The van der Waals surface area contributed by atoms with Gasteiger partial charge in [0.1, 0.15) is 30.5 Å². The lowest BCUT2D eigenvalue weighted by Gasteiger charge is -2.17. The van der Waals surface area contributed by atoms with E-state index in [9.17, 15) is 24.6 Å². The largest absolute Gasteiger partial charge is 0.499 e. The fourth-order valence-corrected chi connectivity index (χ4v) is 2.09. The van der Waals surface area contributed by atoms with Gasteiger partial charge in [-0.05, 0) is 0 Å². The van der Waals surface area contributed by atoms with Crippen LogP contribution in [0.5, 0.6) is 0 Å². The average molecular weight is 314 g/mol. The number of nitrogens with one attached hydrogen (secondary N) is 1. The Labute approximate surface area is 122 Å². The molecule has 1 fully saturated rings. The van der Waals surface area contributed by atoms with Crippen LogP contribution < -0.4 is 11.2 Å². The lowest BCUT2D eigenvalue weighted by molar-refractivity contribution is -0.0568. The van der Waals surface area contributed by atoms with Crippen LogP contribution in [0.1, 0.15) is 16.6 Å². The monoisotopic (exact) mass is 314 g/mol. The number of carbonyl (C=O) groups is 1. The summed E-state index contributed by atoms with van der Waals surface area (Å²) in [5.41, 5.74) is -2.75. The molecular formula is C12H14N2O8. The van der Waals surface area contributed by atoms with E-state index >= 15 is 0 Å². The van der Waals surface area contributed by atoms with Crippen molar-refractivity contribution in [1.82, 2.24) is 9.55 Å². The van der Waals surface area contributed by atoms with Crippen molar-refractivity contribution in [3.63, 3.8) is 0 Å². The lowest BCUT2D eigenvalue weighted by Crippen LogP contribution is -2.39. The van der Waals surface area contributed by atoms with Gasteiger partial charge >= 0.3 is 11.7 Å². The van der Waals surface area contributed by atoms with Crippen LogP contribution in [-0.2, 0) is 9.47 Å². The smallest absolute Gasteiger partial charge is 0.342 e. The van der Waals surface area contributed by atoms with Crippen molar-refractivity contribution in [3.8, 4) is 0 Å². The first-order chi connectivity index (χ1) is 10.4. The van der Waals surface area contributed by atoms with Crippen LogP contribution in [0, 0.1) is 0 Å². The minimum atomic E-state index is -1.55. The van der Waals surface area contributed by atoms with Gasteiger partial charge in [0.05, 0.1) is 6.26 Å². The summed E-state index contributed by atoms with van der Waals surface area (Å²) in [7, 11) is 0. The number of rotatable bonds is 5. The topological polar surface area (TPSA) is 151 Å². The molecule has 1 aromatic heterocycles. The molecule has 0 unspecified atom stereocenters. The number of aliphatic hydroxyl groups excluding tert-OH is 2. The summed E-state index contributed by atoms with van der Waals surface area (Å²) in [4.78, 5) is 35.9. The van der Waals surface area contributed by atoms with Crippen molar-refractivity contribution >= 4 is 5.97 Å². The third kappa shape index (κ3) is 2.79. The van der Waals surface area contributed by atoms with Crippen LogP contribution in [0.25, 0.3) is 0 Å². The van der Waals surface area contributed by atoms with E-state index in [0.29, 0.717) is 4.57 Å². The van der Waals surface area contributed by atoms with Crippen molar-refractivity contribution in [3.05, 3.63) is 45.4 Å². The van der Waals surface area contributed by atoms with Gasteiger partial charge in [0, 0.05) is 6.20 Å². The van der Waals surface area contributed by atoms with Gasteiger partial charge in [0.15, 0.2) is 6.23 Å². The Morgan fingerprint density at radius 2 is 2.14 bits per heavy atom. The van der Waals surface area contributed by atoms with Crippen LogP contribution in [-0.4, -0.2) is 55.8 Å². The minimum Gasteiger partial charge on any atom is -0.499 e. The number of hydrogen-bond acceptors (Lipinski definition) is 7. The predicted molar refractivity (Wildman–Crippen MR) is 70.4 cm³/mol. The van der Waals surface area contributed by atoms with Gasteiger partial charge < -0.3 is 24.8 Å². The molecule has 10 nitrogen and oxygen atoms in total. The molecule has 2 heterocycles. The quantitative estimate of drug-likeness (QED) is 0.456. The molecule has 0 saturated carbocycles. The van der Waals surface area contributed by atoms with Crippen LogP contribution in [0.3, 0.4) is 0 Å². The molecule has 0 spiro atoms. The normalized spacial score (nSPS) is 27.5. The summed E-state index contributed by atoms with van der Waals surface area (Å²) >= 11 is 0. The molecule has 4 N–H and O–H groups in total. The number of carboxylic acid groups (broad SMARTS) is 1. The molecule has 1 aliphatic rings. The molecule has 22 heavy (non-hydrogen) atoms. The number of aromatic nitrogens is 2. The lowest BCUT2D eigenvalue weighted by atomic mass is 10.1. The van der Waals surface area contributed by atoms with Gasteiger partial charge in [0.2, 0.25) is 0 Å². The first-order valence-corrected chi connectivity index (χ1v) is 6.19. The van der Waals surface area contributed by atoms with Crippen LogP contribution in [0.4, 0.5) is 0 Å². The minimum absolute atomic E-state index is 0.123. The number of aromatic carboxylic acids is 1. The third-order valence-corrected chi connectivity index (χ3v) is 3.19. The number of hydrogen-bond donors (Lipinski definition) is 4. The zero-order chi connectivity index (χ0) is 16.4. The number of aromatic amines is 1. The zero-order valence-corrected chi connectivity index (χ0v) is 11.2. The van der Waals surface area contributed by atoms with E-state index in [1.54, 1.807) is 0 Å². The second kappa shape index (κ2) is 6.13. The molecule has 0 bridgehead atoms. The Hall–Kier alpha value is -2.43. The van der Waals surface area contributed by atoms with Gasteiger partial charge in [0.25, 0.3) is 5.56 Å². The number of H-pyrrole nitrogens is 1. The third-order valence-electron chi connectivity index (χ3n) is 3.19. The maximum absolute atomic E-state index is 11.8. The highest BCUT2D eigenvalue weighted by molar-refractivity contribution is 5.86. The predicted octanol–water partition coefficient (Wildman–Crippen LogP) is -1.99. The summed E-state index contributed by atoms with van der Waals surface area (Å²) in [6.07, 6.45) is -3.33. The highest BCUT2D eigenvalue weighted by Crippen LogP contribution is 2.28. The Balaban J connectivity index is 2.38. The number of nitrogens with zero attached hydrogens (tertiary/aromatic N) is 1. The van der Waals surface area contributed by atoms with E-state index in [-0.39, 0.29) is 6.61 Å². The molecule has 4 atom stereocenters. The number of carboxylic acids is 1. The Morgan fingerprint density at radius 1 is 1.45 bits per heavy atom. The van der Waals surface area contributed by atoms with Gasteiger partial charge in [-0.15, -0.1) is 0 Å². The van der Waals surface area contributed by atoms with Crippen molar-refractivity contribution in [2.45, 2.75) is 24.5 Å². The van der Waals surface area contributed by atoms with E-state index in [0.717, 1.165) is 12.5 Å². The van der Waals surface area contributed by atoms with Crippen LogP contribution >= 0.6 is 0 Å². The maximum Gasteiger partial charge on any atom is 0.342 e. The van der Waals surface area contributed by atoms with E-state index in [1.807, 2.05) is 4.98 Å². The summed E-state index contributed by atoms with van der Waals surface area (Å²) in [5, 5.41) is 28.7. The molecule has 0 radical (unpaired) electrons. The van der Waals surface area contributed by atoms with Gasteiger partial charge in [-0.25, -0.2) is 9.59 Å². The Kier molecular flexibility index (Phi) is 4.45. The highest BCUT2D eigenvalue weighted by atomic mass is 16.6. The fourth-order valence-electron chi connectivity index (χ4n) is 2.09. The highest BCUT2D eigenvalue weighted by Gasteiger charge is 2.44. The molecule has 0 amide bonds. The number of ether oxygens (including phenoxy) is 2. The van der Waals surface area contributed by atoms with E-state index in [4.69, 9.17) is 14.6 Å². The molecule has 1 aliphatic heterocycles. The maximum atomic E-state index is 11.8. The molecule has 0 aromatic carbocycles. The molecule has 1 aromatic rings. The first kappa shape index (κ1) is 15.9. The molecule has 10 heteroatoms. The van der Waals surface area contributed by atoms with E-state index in [1.165, 1.54) is 0 Å². The van der Waals surface area contributed by atoms with Crippen molar-refractivity contribution in [1.29, 1.82) is 0 Å². The summed E-state index contributed by atoms with van der Waals surface area (Å²) in [5.74, 6) is -1.55. The summed E-state index contributed by atoms with van der Waals surface area (Å²) in [6, 6.07) is 0. The number of aliphatic hydroxyl groups is 2. The summed E-state index contributed by atoms with van der Waals surface area (Å²) < 4.78 is 10.9. The second-order valence-corrected chi connectivity index (χ2v) is 4.56. The van der Waals surface area contributed by atoms with Gasteiger partial charge in [-0.3, -0.25) is 14.3 Å². The fraction of sp³-hybridized carbons (Fsp3) is 0.417. The molecule has 120 valence electrons. The summed E-state index contributed by atoms with van der Waals surface area (Å²) in [6.45, 7) is 3.19. The van der Waals surface area contributed by atoms with Crippen molar-refractivity contribution in [2.75, 3.05) is 6.61 Å². The van der Waals surface area contributed by atoms with Crippen LogP contribution in [0.15, 0.2) is 28.6 Å². The van der Waals surface area contributed by atoms with Crippen molar-refractivity contribution in [2.24, 2.45) is 0 Å². The zero-order valence-electron chi connectivity index (χ0n) is 11.2. The van der Waals surface area contributed by atoms with Crippen molar-refractivity contribution < 1.29 is 29.6 Å². The van der Waals surface area contributed by atoms with Crippen LogP contribution in [0.2, 0.25) is 0 Å². The molecule has 0 aliphatic carbocycles. The van der Waals surface area contributed by atoms with E-state index < -0.39 is 47.3 Å². The Bertz CT molecular complexity index is 693. The first-order valence-electron chi connectivity index (χ1n) is 6.19. The van der Waals surface area contributed by atoms with Gasteiger partial charge in [-0.2, -0.15) is 0 Å². The average Bonchev–Trinajstić information content (AvgIpc) is 2.73. The second-order valence-electron chi connectivity index (χ2n) is 4.56. The molecule has 2 rings (SSSR count). The molecular weight excluding hydrogens is 300 g/mol. The van der Waals surface area contributed by atoms with Gasteiger partial charge in [-0.1, -0.05) is 6.58 Å². The SMILES string of the molecule is C=COC[C@H]1O[C@@H](n2cc(C(=O)O)c(=O)[nH]c2=O)[C@H](O)[C@@H]1O. The van der Waals surface area contributed by atoms with E-state index in [2.05, 4.69) is 6.58 Å². The molecule has 1 saturated heterocycles. The Morgan fingerprint density at radius 3 is 2.73 bits per heavy atom. The standard InChI is InChI=1S/C12H14N2O8/c1-2-21-4-6-7(15)8(16)10(22-6)14-3-5(11(18)19)9(17)13-12(14)20/h2-3,6-8,10,15-16H,1,4H2,(H,18,19)(H,13,17,20)/t6-,7-,8-,10-/m1/s1.